The fourth-order valence-corrected chi connectivity index (χ4v) is 1.71. The molecule has 0 spiro atoms. The molecule has 6 heteroatoms. The fraction of sp³-hybridized carbons (Fsp3) is 0.286. The van der Waals surface area contributed by atoms with Crippen molar-refractivity contribution < 1.29 is 14.3 Å². The van der Waals surface area contributed by atoms with Crippen LogP contribution in [0.5, 0.6) is 5.75 Å². The van der Waals surface area contributed by atoms with E-state index in [2.05, 4.69) is 9.84 Å². The highest BCUT2D eigenvalue weighted by molar-refractivity contribution is 6.51. The molecular weight excluding hydrogens is 255 g/mol. The van der Waals surface area contributed by atoms with Gasteiger partial charge in [0.15, 0.2) is 7.28 Å². The second-order valence-corrected chi connectivity index (χ2v) is 4.19. The molecule has 1 radical (unpaired) electrons. The molecule has 0 aliphatic carbocycles. The van der Waals surface area contributed by atoms with Crippen LogP contribution in [-0.2, 0) is 11.3 Å². The average Bonchev–Trinajstić information content (AvgIpc) is 2.95. The quantitative estimate of drug-likeness (QED) is 0.583. The summed E-state index contributed by atoms with van der Waals surface area (Å²) in [7, 11) is 3.36. The number of carbonyl (C=O) groups excluding carboxylic acids is 1. The summed E-state index contributed by atoms with van der Waals surface area (Å²) in [6.45, 7) is 3.16. The zero-order chi connectivity index (χ0) is 14.4. The second kappa shape index (κ2) is 6.79. The van der Waals surface area contributed by atoms with E-state index in [0.717, 1.165) is 5.46 Å². The molecule has 1 aromatic carbocycles. The van der Waals surface area contributed by atoms with Crippen LogP contribution in [0.2, 0.25) is 6.82 Å². The molecule has 0 N–H and O–H groups in total. The maximum atomic E-state index is 11.3. The molecule has 2 rings (SSSR count). The molecule has 0 aliphatic heterocycles. The fourth-order valence-electron chi connectivity index (χ4n) is 1.71. The SMILES string of the molecule is C[B]c1cnn(CCOc2ccc(C(=O)OC)cc2)c1. The summed E-state index contributed by atoms with van der Waals surface area (Å²) < 4.78 is 12.1. The van der Waals surface area contributed by atoms with Crippen molar-refractivity contribution in [3.8, 4) is 5.75 Å². The minimum atomic E-state index is -0.351. The molecule has 0 amide bonds. The Balaban J connectivity index is 1.83. The van der Waals surface area contributed by atoms with E-state index in [1.165, 1.54) is 7.11 Å². The number of nitrogens with zero attached hydrogens (tertiary/aromatic N) is 2. The van der Waals surface area contributed by atoms with Crippen molar-refractivity contribution in [1.82, 2.24) is 9.78 Å². The maximum absolute atomic E-state index is 11.3. The van der Waals surface area contributed by atoms with Gasteiger partial charge in [-0.1, -0.05) is 12.3 Å². The van der Waals surface area contributed by atoms with Crippen molar-refractivity contribution in [1.29, 1.82) is 0 Å². The predicted octanol–water partition coefficient (Wildman–Crippen LogP) is 1.13. The Morgan fingerprint density at radius 2 is 2.10 bits per heavy atom. The van der Waals surface area contributed by atoms with E-state index in [4.69, 9.17) is 4.74 Å². The molecule has 2 aromatic rings. The van der Waals surface area contributed by atoms with Crippen LogP contribution < -0.4 is 10.2 Å². The Labute approximate surface area is 118 Å². The number of methoxy groups -OCH3 is 1. The van der Waals surface area contributed by atoms with Crippen LogP contribution in [0.3, 0.4) is 0 Å². The van der Waals surface area contributed by atoms with E-state index in [1.54, 1.807) is 24.3 Å². The highest BCUT2D eigenvalue weighted by atomic mass is 16.5. The summed E-state index contributed by atoms with van der Waals surface area (Å²) >= 11 is 0. The van der Waals surface area contributed by atoms with E-state index in [0.29, 0.717) is 24.5 Å². The lowest BCUT2D eigenvalue weighted by atomic mass is 9.75. The van der Waals surface area contributed by atoms with E-state index in [-0.39, 0.29) is 5.97 Å². The molecule has 20 heavy (non-hydrogen) atoms. The number of carbonyl (C=O) groups is 1. The van der Waals surface area contributed by atoms with Gasteiger partial charge in [0, 0.05) is 12.4 Å². The van der Waals surface area contributed by atoms with Crippen molar-refractivity contribution in [2.24, 2.45) is 0 Å². The Hall–Kier alpha value is -2.24. The highest BCUT2D eigenvalue weighted by Gasteiger charge is 2.04. The summed E-state index contributed by atoms with van der Waals surface area (Å²) in [5.41, 5.74) is 1.60. The third kappa shape index (κ3) is 3.63. The van der Waals surface area contributed by atoms with Crippen LogP contribution in [0.15, 0.2) is 36.7 Å². The monoisotopic (exact) mass is 271 g/mol. The number of hydrogen-bond donors (Lipinski definition) is 0. The lowest BCUT2D eigenvalue weighted by Crippen LogP contribution is -2.11. The van der Waals surface area contributed by atoms with Gasteiger partial charge in [0.2, 0.25) is 0 Å². The van der Waals surface area contributed by atoms with Crippen molar-refractivity contribution in [3.05, 3.63) is 42.2 Å². The summed E-state index contributed by atoms with van der Waals surface area (Å²) in [6, 6.07) is 6.86. The van der Waals surface area contributed by atoms with Gasteiger partial charge >= 0.3 is 5.97 Å². The zero-order valence-electron chi connectivity index (χ0n) is 11.6. The third-order valence-electron chi connectivity index (χ3n) is 2.85. The maximum Gasteiger partial charge on any atom is 0.337 e. The van der Waals surface area contributed by atoms with Crippen LogP contribution in [0.4, 0.5) is 0 Å². The summed E-state index contributed by atoms with van der Waals surface area (Å²) in [5.74, 6) is 0.364. The third-order valence-corrected chi connectivity index (χ3v) is 2.85. The molecule has 0 saturated heterocycles. The van der Waals surface area contributed by atoms with E-state index in [9.17, 15) is 4.79 Å². The minimum Gasteiger partial charge on any atom is -0.492 e. The molecule has 1 heterocycles. The van der Waals surface area contributed by atoms with Gasteiger partial charge in [-0.15, -0.1) is 0 Å². The second-order valence-electron chi connectivity index (χ2n) is 4.19. The lowest BCUT2D eigenvalue weighted by molar-refractivity contribution is 0.0600. The number of aromatic nitrogens is 2. The van der Waals surface area contributed by atoms with Crippen LogP contribution in [0.25, 0.3) is 0 Å². The first-order valence-corrected chi connectivity index (χ1v) is 6.36. The molecule has 0 fully saturated rings. The van der Waals surface area contributed by atoms with Crippen LogP contribution in [0, 0.1) is 0 Å². The lowest BCUT2D eigenvalue weighted by Gasteiger charge is -2.07. The van der Waals surface area contributed by atoms with Crippen LogP contribution in [-0.4, -0.2) is 36.7 Å². The first-order valence-electron chi connectivity index (χ1n) is 6.36. The first-order chi connectivity index (χ1) is 9.72. The number of hydrogen-bond acceptors (Lipinski definition) is 4. The number of esters is 1. The normalized spacial score (nSPS) is 10.1. The molecule has 0 atom stereocenters. The molecule has 5 nitrogen and oxygen atoms in total. The van der Waals surface area contributed by atoms with Crippen molar-refractivity contribution in [2.75, 3.05) is 13.7 Å². The van der Waals surface area contributed by atoms with Gasteiger partial charge in [0.05, 0.1) is 19.2 Å². The Morgan fingerprint density at radius 3 is 2.70 bits per heavy atom. The standard InChI is InChI=1S/C14H16BN2O3/c1-15-12-9-16-17(10-12)7-8-20-13-5-3-11(4-6-13)14(18)19-2/h3-6,9-10H,7-8H2,1-2H3. The van der Waals surface area contributed by atoms with Crippen molar-refractivity contribution in [2.45, 2.75) is 13.4 Å². The van der Waals surface area contributed by atoms with Crippen molar-refractivity contribution >= 4 is 18.7 Å². The van der Waals surface area contributed by atoms with Crippen molar-refractivity contribution in [3.63, 3.8) is 0 Å². The molecular formula is C14H16BN2O3. The molecule has 0 bridgehead atoms. The molecule has 0 unspecified atom stereocenters. The summed E-state index contributed by atoms with van der Waals surface area (Å²) in [4.78, 5) is 11.3. The van der Waals surface area contributed by atoms with Gasteiger partial charge in [-0.2, -0.15) is 5.10 Å². The number of rotatable bonds is 6. The van der Waals surface area contributed by atoms with Gasteiger partial charge < -0.3 is 9.47 Å². The highest BCUT2D eigenvalue weighted by Crippen LogP contribution is 2.12. The zero-order valence-corrected chi connectivity index (χ0v) is 11.6. The van der Waals surface area contributed by atoms with Gasteiger partial charge in [0.25, 0.3) is 0 Å². The number of benzene rings is 1. The van der Waals surface area contributed by atoms with Crippen LogP contribution in [0.1, 0.15) is 10.4 Å². The average molecular weight is 271 g/mol. The predicted molar refractivity (Wildman–Crippen MR) is 76.8 cm³/mol. The van der Waals surface area contributed by atoms with Gasteiger partial charge in [-0.05, 0) is 24.3 Å². The Kier molecular flexibility index (Phi) is 4.82. The molecule has 0 saturated carbocycles. The minimum absolute atomic E-state index is 0.351. The van der Waals surface area contributed by atoms with E-state index >= 15 is 0 Å². The number of ether oxygens (including phenoxy) is 2. The Bertz CT molecular complexity index is 566. The topological polar surface area (TPSA) is 53.4 Å². The molecule has 103 valence electrons. The molecule has 1 aromatic heterocycles. The van der Waals surface area contributed by atoms with E-state index in [1.807, 2.05) is 31.2 Å². The molecule has 0 aliphatic rings. The van der Waals surface area contributed by atoms with Gasteiger partial charge in [0.1, 0.15) is 12.4 Å². The van der Waals surface area contributed by atoms with Gasteiger partial charge in [-0.3, -0.25) is 4.68 Å². The van der Waals surface area contributed by atoms with Gasteiger partial charge in [-0.25, -0.2) is 4.79 Å². The van der Waals surface area contributed by atoms with E-state index < -0.39 is 0 Å². The summed E-state index contributed by atoms with van der Waals surface area (Å²) in [6.07, 6.45) is 3.77. The summed E-state index contributed by atoms with van der Waals surface area (Å²) in [5, 5.41) is 4.21. The largest absolute Gasteiger partial charge is 0.492 e. The Morgan fingerprint density at radius 1 is 1.35 bits per heavy atom. The first kappa shape index (κ1) is 14.2. The van der Waals surface area contributed by atoms with Crippen LogP contribution >= 0.6 is 0 Å². The smallest absolute Gasteiger partial charge is 0.337 e.